The molecule has 3 rings (SSSR count). The van der Waals surface area contributed by atoms with Crippen LogP contribution in [0, 0.1) is 12.7 Å². The van der Waals surface area contributed by atoms with Crippen LogP contribution in [-0.4, -0.2) is 25.4 Å². The van der Waals surface area contributed by atoms with E-state index in [1.54, 1.807) is 13.0 Å². The number of halogens is 1. The Kier molecular flexibility index (Phi) is 3.92. The zero-order valence-electron chi connectivity index (χ0n) is 11.7. The molecule has 0 saturated carbocycles. The molecule has 0 amide bonds. The fourth-order valence-corrected chi connectivity index (χ4v) is 2.00. The maximum absolute atomic E-state index is 13.1. The third kappa shape index (κ3) is 3.34. The minimum Gasteiger partial charge on any atom is -0.388 e. The Morgan fingerprint density at radius 3 is 2.68 bits per heavy atom. The highest BCUT2D eigenvalue weighted by molar-refractivity contribution is 5.19. The lowest BCUT2D eigenvalue weighted by Crippen LogP contribution is -2.03. The third-order valence-electron chi connectivity index (χ3n) is 3.00. The van der Waals surface area contributed by atoms with Gasteiger partial charge in [0.25, 0.3) is 0 Å². The molecule has 0 unspecified atom stereocenters. The average molecular weight is 304 g/mol. The minimum absolute atomic E-state index is 0.0989. The van der Waals surface area contributed by atoms with Crippen molar-refractivity contribution >= 4 is 0 Å². The van der Waals surface area contributed by atoms with E-state index in [-0.39, 0.29) is 18.7 Å². The standard InChI is InChI=1S/C14H13FN4O3/c1-8-16-12(18-21-8)7-13-17-14(22-19-13)6-11(20)9-3-2-4-10(15)5-9/h2-5,11,20H,6-7H2,1H3/t11-/m1/s1. The van der Waals surface area contributed by atoms with Crippen LogP contribution in [0.2, 0.25) is 0 Å². The van der Waals surface area contributed by atoms with Gasteiger partial charge in [-0.25, -0.2) is 4.39 Å². The predicted octanol–water partition coefficient (Wildman–Crippen LogP) is 1.77. The zero-order chi connectivity index (χ0) is 15.5. The van der Waals surface area contributed by atoms with Crippen molar-refractivity contribution in [2.45, 2.75) is 25.9 Å². The Bertz CT molecular complexity index is 771. The summed E-state index contributed by atoms with van der Waals surface area (Å²) in [4.78, 5) is 8.19. The van der Waals surface area contributed by atoms with Gasteiger partial charge in [0.15, 0.2) is 11.6 Å². The largest absolute Gasteiger partial charge is 0.388 e. The van der Waals surface area contributed by atoms with Gasteiger partial charge in [-0.2, -0.15) is 9.97 Å². The van der Waals surface area contributed by atoms with E-state index in [4.69, 9.17) is 9.05 Å². The van der Waals surface area contributed by atoms with Gasteiger partial charge in [-0.15, -0.1) is 0 Å². The molecule has 2 aromatic heterocycles. The van der Waals surface area contributed by atoms with Crippen LogP contribution < -0.4 is 0 Å². The fourth-order valence-electron chi connectivity index (χ4n) is 2.00. The highest BCUT2D eigenvalue weighted by Gasteiger charge is 2.16. The van der Waals surface area contributed by atoms with Crippen LogP contribution in [0.5, 0.6) is 0 Å². The maximum Gasteiger partial charge on any atom is 0.229 e. The molecule has 1 N–H and O–H groups in total. The second-order valence-corrected chi connectivity index (χ2v) is 4.79. The number of benzene rings is 1. The molecule has 0 bridgehead atoms. The normalized spacial score (nSPS) is 12.5. The molecular weight excluding hydrogens is 291 g/mol. The summed E-state index contributed by atoms with van der Waals surface area (Å²) >= 11 is 0. The summed E-state index contributed by atoms with van der Waals surface area (Å²) in [6.45, 7) is 1.69. The number of aliphatic hydroxyl groups excluding tert-OH is 1. The van der Waals surface area contributed by atoms with E-state index >= 15 is 0 Å². The summed E-state index contributed by atoms with van der Waals surface area (Å²) < 4.78 is 23.0. The maximum atomic E-state index is 13.1. The van der Waals surface area contributed by atoms with Crippen molar-refractivity contribution in [1.82, 2.24) is 20.3 Å². The lowest BCUT2D eigenvalue weighted by molar-refractivity contribution is 0.164. The number of hydrogen-bond donors (Lipinski definition) is 1. The molecular formula is C14H13FN4O3. The van der Waals surface area contributed by atoms with Gasteiger partial charge in [0.1, 0.15) is 5.82 Å². The molecule has 114 valence electrons. The summed E-state index contributed by atoms with van der Waals surface area (Å²) in [5.74, 6) is 1.15. The van der Waals surface area contributed by atoms with E-state index in [2.05, 4.69) is 20.3 Å². The number of nitrogens with zero attached hydrogens (tertiary/aromatic N) is 4. The van der Waals surface area contributed by atoms with Crippen molar-refractivity contribution in [2.75, 3.05) is 0 Å². The third-order valence-corrected chi connectivity index (χ3v) is 3.00. The second kappa shape index (κ2) is 6.02. The summed E-state index contributed by atoms with van der Waals surface area (Å²) in [5, 5.41) is 17.6. The van der Waals surface area contributed by atoms with Gasteiger partial charge in [0, 0.05) is 6.92 Å². The summed E-state index contributed by atoms with van der Waals surface area (Å²) in [6, 6.07) is 5.75. The van der Waals surface area contributed by atoms with Crippen molar-refractivity contribution in [3.63, 3.8) is 0 Å². The molecule has 0 saturated heterocycles. The molecule has 2 heterocycles. The number of rotatable bonds is 5. The molecule has 7 nitrogen and oxygen atoms in total. The van der Waals surface area contributed by atoms with Crippen molar-refractivity contribution in [2.24, 2.45) is 0 Å². The van der Waals surface area contributed by atoms with Crippen LogP contribution in [-0.2, 0) is 12.8 Å². The van der Waals surface area contributed by atoms with E-state index in [1.165, 1.54) is 18.2 Å². The highest BCUT2D eigenvalue weighted by atomic mass is 19.1. The van der Waals surface area contributed by atoms with E-state index in [9.17, 15) is 9.50 Å². The van der Waals surface area contributed by atoms with Crippen LogP contribution in [0.1, 0.15) is 35.1 Å². The molecule has 1 aromatic carbocycles. The van der Waals surface area contributed by atoms with Gasteiger partial charge >= 0.3 is 0 Å². The summed E-state index contributed by atoms with van der Waals surface area (Å²) in [5.41, 5.74) is 0.452. The Hall–Kier alpha value is -2.61. The van der Waals surface area contributed by atoms with Crippen molar-refractivity contribution in [3.05, 3.63) is 59.1 Å². The van der Waals surface area contributed by atoms with Gasteiger partial charge in [-0.05, 0) is 17.7 Å². The molecule has 22 heavy (non-hydrogen) atoms. The molecule has 8 heteroatoms. The number of hydrogen-bond acceptors (Lipinski definition) is 7. The first-order valence-corrected chi connectivity index (χ1v) is 6.64. The highest BCUT2D eigenvalue weighted by Crippen LogP contribution is 2.18. The zero-order valence-corrected chi connectivity index (χ0v) is 11.7. The van der Waals surface area contributed by atoms with Crippen LogP contribution in [0.15, 0.2) is 33.3 Å². The molecule has 3 aromatic rings. The molecule has 0 aliphatic heterocycles. The number of aromatic nitrogens is 4. The van der Waals surface area contributed by atoms with E-state index in [0.717, 1.165) is 0 Å². The lowest BCUT2D eigenvalue weighted by Gasteiger charge is -2.07. The SMILES string of the molecule is Cc1nc(Cc2noc(C[C@@H](O)c3cccc(F)c3)n2)no1. The molecule has 1 atom stereocenters. The van der Waals surface area contributed by atoms with E-state index < -0.39 is 11.9 Å². The number of aryl methyl sites for hydroxylation is 1. The van der Waals surface area contributed by atoms with Crippen LogP contribution in [0.3, 0.4) is 0 Å². The Morgan fingerprint density at radius 2 is 1.95 bits per heavy atom. The van der Waals surface area contributed by atoms with Crippen molar-refractivity contribution < 1.29 is 18.5 Å². The van der Waals surface area contributed by atoms with Gasteiger partial charge in [-0.1, -0.05) is 22.4 Å². The average Bonchev–Trinajstić information content (AvgIpc) is 3.09. The van der Waals surface area contributed by atoms with Gasteiger partial charge in [0.05, 0.1) is 18.9 Å². The van der Waals surface area contributed by atoms with Crippen molar-refractivity contribution in [1.29, 1.82) is 0 Å². The molecule has 0 spiro atoms. The Balaban J connectivity index is 1.66. The fraction of sp³-hybridized carbons (Fsp3) is 0.286. The van der Waals surface area contributed by atoms with Gasteiger partial charge in [-0.3, -0.25) is 0 Å². The number of aliphatic hydroxyl groups is 1. The smallest absolute Gasteiger partial charge is 0.229 e. The predicted molar refractivity (Wildman–Crippen MR) is 71.2 cm³/mol. The van der Waals surface area contributed by atoms with Crippen LogP contribution >= 0.6 is 0 Å². The van der Waals surface area contributed by atoms with Gasteiger partial charge < -0.3 is 14.2 Å². The second-order valence-electron chi connectivity index (χ2n) is 4.79. The van der Waals surface area contributed by atoms with Crippen LogP contribution in [0.25, 0.3) is 0 Å². The molecule has 0 aliphatic carbocycles. The quantitative estimate of drug-likeness (QED) is 0.767. The molecule has 0 radical (unpaired) electrons. The van der Waals surface area contributed by atoms with Crippen molar-refractivity contribution in [3.8, 4) is 0 Å². The van der Waals surface area contributed by atoms with Crippen LogP contribution in [0.4, 0.5) is 4.39 Å². The first-order valence-electron chi connectivity index (χ1n) is 6.64. The van der Waals surface area contributed by atoms with E-state index in [0.29, 0.717) is 23.1 Å². The monoisotopic (exact) mass is 304 g/mol. The topological polar surface area (TPSA) is 98.1 Å². The Labute approximate surface area is 124 Å². The molecule has 0 aliphatic rings. The molecule has 0 fully saturated rings. The first-order chi connectivity index (χ1) is 10.6. The summed E-state index contributed by atoms with van der Waals surface area (Å²) in [7, 11) is 0. The summed E-state index contributed by atoms with van der Waals surface area (Å²) in [6.07, 6.45) is -0.546. The van der Waals surface area contributed by atoms with E-state index in [1.807, 2.05) is 0 Å². The Morgan fingerprint density at radius 1 is 1.18 bits per heavy atom. The van der Waals surface area contributed by atoms with Gasteiger partial charge in [0.2, 0.25) is 11.8 Å². The minimum atomic E-state index is -0.920. The first kappa shape index (κ1) is 14.3. The lowest BCUT2D eigenvalue weighted by atomic mass is 10.1.